The van der Waals surface area contributed by atoms with Crippen LogP contribution in [0.3, 0.4) is 0 Å². The molecule has 0 atom stereocenters. The molecule has 2 heterocycles. The summed E-state index contributed by atoms with van der Waals surface area (Å²) in [4.78, 5) is 14.8. The van der Waals surface area contributed by atoms with E-state index in [4.69, 9.17) is 15.7 Å². The first kappa shape index (κ1) is 15.2. The smallest absolute Gasteiger partial charge is 0.230 e. The Morgan fingerprint density at radius 2 is 1.95 bits per heavy atom. The summed E-state index contributed by atoms with van der Waals surface area (Å²) in [6.45, 7) is 8.60. The largest absolute Gasteiger partial charge is 0.409 e. The van der Waals surface area contributed by atoms with Crippen molar-refractivity contribution < 1.29 is 9.94 Å². The van der Waals surface area contributed by atoms with E-state index in [1.165, 1.54) is 0 Å². The maximum Gasteiger partial charge on any atom is 0.230 e. The van der Waals surface area contributed by atoms with Crippen molar-refractivity contribution in [3.05, 3.63) is 5.82 Å². The number of anilines is 2. The normalized spacial score (nSPS) is 16.9. The van der Waals surface area contributed by atoms with E-state index in [1.807, 2.05) is 25.7 Å². The van der Waals surface area contributed by atoms with E-state index in [2.05, 4.69) is 25.4 Å². The third-order valence-electron chi connectivity index (χ3n) is 2.74. The number of oxime groups is 1. The van der Waals surface area contributed by atoms with E-state index in [0.29, 0.717) is 38.2 Å². The molecule has 0 aliphatic carbocycles. The van der Waals surface area contributed by atoms with Crippen LogP contribution >= 0.6 is 0 Å². The molecule has 9 nitrogen and oxygen atoms in total. The standard InChI is InChI=1S/C12H21N7O2/c1-12(2,3)17-10-14-9(8(13)18-20)15-11(16-10)19-4-6-21-7-5-19/h20H,4-7H2,1-3H3,(H2,13,18)(H,14,15,16,17). The number of ether oxygens (including phenoxy) is 1. The molecule has 2 rings (SSSR count). The van der Waals surface area contributed by atoms with E-state index in [1.54, 1.807) is 0 Å². The highest BCUT2D eigenvalue weighted by molar-refractivity contribution is 5.93. The van der Waals surface area contributed by atoms with E-state index in [0.717, 1.165) is 0 Å². The Hall–Kier alpha value is -2.16. The molecule has 0 spiro atoms. The maximum atomic E-state index is 8.82. The molecule has 0 radical (unpaired) electrons. The van der Waals surface area contributed by atoms with Crippen molar-refractivity contribution in [2.45, 2.75) is 26.3 Å². The molecule has 21 heavy (non-hydrogen) atoms. The molecule has 1 aliphatic rings. The number of hydrogen-bond acceptors (Lipinski definition) is 8. The van der Waals surface area contributed by atoms with Gasteiger partial charge in [0.15, 0.2) is 0 Å². The van der Waals surface area contributed by atoms with Gasteiger partial charge in [0, 0.05) is 18.6 Å². The van der Waals surface area contributed by atoms with Gasteiger partial charge >= 0.3 is 0 Å². The van der Waals surface area contributed by atoms with Gasteiger partial charge in [-0.25, -0.2) is 0 Å². The number of hydrogen-bond donors (Lipinski definition) is 3. The van der Waals surface area contributed by atoms with Crippen LogP contribution in [0.15, 0.2) is 5.16 Å². The summed E-state index contributed by atoms with van der Waals surface area (Å²) in [6.07, 6.45) is 0. The minimum Gasteiger partial charge on any atom is -0.409 e. The Bertz CT molecular complexity index is 521. The predicted octanol–water partition coefficient (Wildman–Crippen LogP) is 0.0131. The van der Waals surface area contributed by atoms with Crippen molar-refractivity contribution >= 4 is 17.7 Å². The van der Waals surface area contributed by atoms with Gasteiger partial charge in [0.2, 0.25) is 23.6 Å². The molecule has 0 bridgehead atoms. The van der Waals surface area contributed by atoms with Crippen LogP contribution in [-0.4, -0.2) is 57.8 Å². The summed E-state index contributed by atoms with van der Waals surface area (Å²) in [6, 6.07) is 0. The topological polar surface area (TPSA) is 122 Å². The number of nitrogens with zero attached hydrogens (tertiary/aromatic N) is 5. The number of nitrogens with two attached hydrogens (primary N) is 1. The first-order valence-electron chi connectivity index (χ1n) is 6.74. The van der Waals surface area contributed by atoms with Gasteiger partial charge in [-0.15, -0.1) is 0 Å². The zero-order valence-electron chi connectivity index (χ0n) is 12.5. The molecule has 116 valence electrons. The third-order valence-corrected chi connectivity index (χ3v) is 2.74. The number of amidine groups is 1. The minimum absolute atomic E-state index is 0.140. The number of morpholine rings is 1. The van der Waals surface area contributed by atoms with Crippen LogP contribution in [0.1, 0.15) is 26.6 Å². The highest BCUT2D eigenvalue weighted by Gasteiger charge is 2.20. The van der Waals surface area contributed by atoms with Crippen LogP contribution in [0.4, 0.5) is 11.9 Å². The van der Waals surface area contributed by atoms with Gasteiger partial charge in [0.05, 0.1) is 13.2 Å². The molecule has 1 saturated heterocycles. The zero-order chi connectivity index (χ0) is 15.5. The molecule has 1 aromatic heterocycles. The van der Waals surface area contributed by atoms with Crippen LogP contribution in [-0.2, 0) is 4.74 Å². The molecule has 1 fully saturated rings. The molecule has 0 unspecified atom stereocenters. The van der Waals surface area contributed by atoms with Crippen LogP contribution < -0.4 is 16.0 Å². The summed E-state index contributed by atoms with van der Waals surface area (Å²) in [5.74, 6) is 0.867. The first-order chi connectivity index (χ1) is 9.89. The zero-order valence-corrected chi connectivity index (χ0v) is 12.5. The lowest BCUT2D eigenvalue weighted by atomic mass is 10.1. The quantitative estimate of drug-likeness (QED) is 0.308. The van der Waals surface area contributed by atoms with Crippen LogP contribution in [0, 0.1) is 0 Å². The molecule has 1 aliphatic heterocycles. The summed E-state index contributed by atoms with van der Waals surface area (Å²) in [5.41, 5.74) is 5.39. The van der Waals surface area contributed by atoms with E-state index in [-0.39, 0.29) is 17.2 Å². The van der Waals surface area contributed by atoms with Gasteiger partial charge in [-0.05, 0) is 20.8 Å². The fourth-order valence-electron chi connectivity index (χ4n) is 1.82. The molecular weight excluding hydrogens is 274 g/mol. The van der Waals surface area contributed by atoms with Crippen LogP contribution in [0.2, 0.25) is 0 Å². The lowest BCUT2D eigenvalue weighted by molar-refractivity contribution is 0.122. The Labute approximate surface area is 123 Å². The Kier molecular flexibility index (Phi) is 4.41. The second kappa shape index (κ2) is 6.08. The number of aromatic nitrogens is 3. The first-order valence-corrected chi connectivity index (χ1v) is 6.74. The van der Waals surface area contributed by atoms with Gasteiger partial charge in [0.25, 0.3) is 0 Å². The maximum absolute atomic E-state index is 8.82. The Balaban J connectivity index is 2.36. The van der Waals surface area contributed by atoms with Crippen molar-refractivity contribution in [1.82, 2.24) is 15.0 Å². The highest BCUT2D eigenvalue weighted by atomic mass is 16.5. The molecule has 0 saturated carbocycles. The summed E-state index contributed by atoms with van der Waals surface area (Å²) in [7, 11) is 0. The lowest BCUT2D eigenvalue weighted by Crippen LogP contribution is -2.38. The van der Waals surface area contributed by atoms with Crippen LogP contribution in [0.25, 0.3) is 0 Å². The third kappa shape index (κ3) is 4.15. The SMILES string of the molecule is CC(C)(C)Nc1nc(/C(N)=N/O)nc(N2CCOCC2)n1. The summed E-state index contributed by atoms with van der Waals surface area (Å²) >= 11 is 0. The Morgan fingerprint density at radius 1 is 1.29 bits per heavy atom. The second-order valence-corrected chi connectivity index (χ2v) is 5.74. The van der Waals surface area contributed by atoms with Gasteiger partial charge in [-0.2, -0.15) is 15.0 Å². The van der Waals surface area contributed by atoms with Crippen molar-refractivity contribution in [2.24, 2.45) is 10.9 Å². The van der Waals surface area contributed by atoms with Gasteiger partial charge in [-0.1, -0.05) is 5.16 Å². The number of nitrogens with one attached hydrogen (secondary N) is 1. The minimum atomic E-state index is -0.216. The molecule has 0 amide bonds. The van der Waals surface area contributed by atoms with Crippen LogP contribution in [0.5, 0.6) is 0 Å². The summed E-state index contributed by atoms with van der Waals surface area (Å²) < 4.78 is 5.31. The van der Waals surface area contributed by atoms with E-state index < -0.39 is 0 Å². The molecule has 1 aromatic rings. The van der Waals surface area contributed by atoms with E-state index >= 15 is 0 Å². The van der Waals surface area contributed by atoms with Crippen molar-refractivity contribution in [3.63, 3.8) is 0 Å². The fourth-order valence-corrected chi connectivity index (χ4v) is 1.82. The Morgan fingerprint density at radius 3 is 2.52 bits per heavy atom. The summed E-state index contributed by atoms with van der Waals surface area (Å²) in [5, 5.41) is 14.9. The van der Waals surface area contributed by atoms with Gasteiger partial charge in [0.1, 0.15) is 0 Å². The molecule has 0 aromatic carbocycles. The monoisotopic (exact) mass is 295 g/mol. The average Bonchev–Trinajstić information content (AvgIpc) is 2.45. The fraction of sp³-hybridized carbons (Fsp3) is 0.667. The number of rotatable bonds is 3. The highest BCUT2D eigenvalue weighted by Crippen LogP contribution is 2.15. The molecule has 4 N–H and O–H groups in total. The predicted molar refractivity (Wildman–Crippen MR) is 78.7 cm³/mol. The van der Waals surface area contributed by atoms with Crippen molar-refractivity contribution in [2.75, 3.05) is 36.5 Å². The van der Waals surface area contributed by atoms with Crippen molar-refractivity contribution in [1.29, 1.82) is 0 Å². The lowest BCUT2D eigenvalue weighted by Gasteiger charge is -2.28. The van der Waals surface area contributed by atoms with Crippen molar-refractivity contribution in [3.8, 4) is 0 Å². The molecular formula is C12H21N7O2. The van der Waals surface area contributed by atoms with Gasteiger partial charge < -0.3 is 25.9 Å². The average molecular weight is 295 g/mol. The second-order valence-electron chi connectivity index (χ2n) is 5.74. The van der Waals surface area contributed by atoms with E-state index in [9.17, 15) is 0 Å². The van der Waals surface area contributed by atoms with Gasteiger partial charge in [-0.3, -0.25) is 0 Å². The molecule has 9 heteroatoms.